The molecule has 0 saturated heterocycles. The Morgan fingerprint density at radius 2 is 1.72 bits per heavy atom. The van der Waals surface area contributed by atoms with Gasteiger partial charge in [-0.3, -0.25) is 15.0 Å². The standard InChI is InChI=1S/C20H23N3O2/c1-4-14-9-6-7-12-17(14)22-23-19-15(5-2)10-8-11-16(19)18(20(23)25)21-13(3)24/h6-12,18,22H,4-5H2,1-3H3,(H,21,24). The summed E-state index contributed by atoms with van der Waals surface area (Å²) in [5.41, 5.74) is 8.06. The lowest BCUT2D eigenvalue weighted by atomic mass is 10.0. The Hall–Kier alpha value is -2.82. The first-order valence-electron chi connectivity index (χ1n) is 8.64. The molecule has 0 aliphatic carbocycles. The number of fused-ring (bicyclic) bond motifs is 1. The highest BCUT2D eigenvalue weighted by Crippen LogP contribution is 2.39. The Bertz CT molecular complexity index is 816. The van der Waals surface area contributed by atoms with Crippen molar-refractivity contribution in [2.75, 3.05) is 10.4 Å². The fourth-order valence-electron chi connectivity index (χ4n) is 3.29. The van der Waals surface area contributed by atoms with Gasteiger partial charge in [0.2, 0.25) is 5.91 Å². The monoisotopic (exact) mass is 337 g/mol. The summed E-state index contributed by atoms with van der Waals surface area (Å²) < 4.78 is 0. The number of amides is 2. The zero-order chi connectivity index (χ0) is 18.0. The van der Waals surface area contributed by atoms with Crippen molar-refractivity contribution < 1.29 is 9.59 Å². The predicted octanol–water partition coefficient (Wildman–Crippen LogP) is 3.36. The number of carbonyl (C=O) groups is 2. The van der Waals surface area contributed by atoms with Crippen LogP contribution in [0.4, 0.5) is 11.4 Å². The van der Waals surface area contributed by atoms with E-state index in [1.165, 1.54) is 6.92 Å². The number of benzene rings is 2. The summed E-state index contributed by atoms with van der Waals surface area (Å²) in [6.07, 6.45) is 1.67. The molecule has 2 aromatic carbocycles. The Morgan fingerprint density at radius 1 is 1.04 bits per heavy atom. The number of nitrogens with zero attached hydrogens (tertiary/aromatic N) is 1. The molecule has 130 valence electrons. The van der Waals surface area contributed by atoms with E-state index in [9.17, 15) is 9.59 Å². The second-order valence-electron chi connectivity index (χ2n) is 6.14. The number of rotatable bonds is 5. The van der Waals surface area contributed by atoms with E-state index < -0.39 is 6.04 Å². The number of hydrogen-bond acceptors (Lipinski definition) is 3. The third-order valence-electron chi connectivity index (χ3n) is 4.51. The molecule has 2 amide bonds. The zero-order valence-electron chi connectivity index (χ0n) is 14.8. The van der Waals surface area contributed by atoms with Gasteiger partial charge in [0.1, 0.15) is 6.04 Å². The Labute approximate surface area is 148 Å². The van der Waals surface area contributed by atoms with Crippen LogP contribution in [0.25, 0.3) is 0 Å². The van der Waals surface area contributed by atoms with E-state index in [1.54, 1.807) is 5.01 Å². The molecule has 0 radical (unpaired) electrons. The number of aryl methyl sites for hydroxylation is 2. The van der Waals surface area contributed by atoms with Crippen LogP contribution in [0.5, 0.6) is 0 Å². The molecule has 0 spiro atoms. The lowest BCUT2D eigenvalue weighted by molar-refractivity contribution is -0.125. The van der Waals surface area contributed by atoms with Gasteiger partial charge in [0.25, 0.3) is 5.91 Å². The minimum atomic E-state index is -0.653. The first kappa shape index (κ1) is 17.0. The van der Waals surface area contributed by atoms with Crippen LogP contribution in [-0.2, 0) is 22.4 Å². The van der Waals surface area contributed by atoms with Crippen molar-refractivity contribution in [1.82, 2.24) is 5.32 Å². The maximum Gasteiger partial charge on any atom is 0.272 e. The maximum absolute atomic E-state index is 13.0. The van der Waals surface area contributed by atoms with Gasteiger partial charge in [0, 0.05) is 12.5 Å². The highest BCUT2D eigenvalue weighted by Gasteiger charge is 2.39. The molecule has 1 heterocycles. The lowest BCUT2D eigenvalue weighted by Crippen LogP contribution is -2.40. The summed E-state index contributed by atoms with van der Waals surface area (Å²) >= 11 is 0. The number of para-hydroxylation sites is 2. The molecule has 0 aromatic heterocycles. The van der Waals surface area contributed by atoms with Crippen LogP contribution in [0.1, 0.15) is 43.5 Å². The summed E-state index contributed by atoms with van der Waals surface area (Å²) in [4.78, 5) is 24.6. The van der Waals surface area contributed by atoms with Gasteiger partial charge in [0.05, 0.1) is 11.4 Å². The molecule has 1 unspecified atom stereocenters. The van der Waals surface area contributed by atoms with Gasteiger partial charge in [0.15, 0.2) is 0 Å². The van der Waals surface area contributed by atoms with E-state index in [2.05, 4.69) is 24.6 Å². The summed E-state index contributed by atoms with van der Waals surface area (Å²) in [6, 6.07) is 13.1. The topological polar surface area (TPSA) is 61.4 Å². The molecule has 3 rings (SSSR count). The predicted molar refractivity (Wildman–Crippen MR) is 99.3 cm³/mol. The molecule has 1 atom stereocenters. The van der Waals surface area contributed by atoms with Crippen molar-refractivity contribution in [3.8, 4) is 0 Å². The second kappa shape index (κ2) is 6.97. The average molecular weight is 337 g/mol. The Kier molecular flexibility index (Phi) is 4.74. The van der Waals surface area contributed by atoms with Gasteiger partial charge in [-0.2, -0.15) is 0 Å². The molecule has 5 heteroatoms. The summed E-state index contributed by atoms with van der Waals surface area (Å²) in [7, 11) is 0. The zero-order valence-corrected chi connectivity index (χ0v) is 14.8. The molecular formula is C20H23N3O2. The Balaban J connectivity index is 2.05. The summed E-state index contributed by atoms with van der Waals surface area (Å²) in [5.74, 6) is -0.390. The minimum Gasteiger partial charge on any atom is -0.341 e. The fourth-order valence-corrected chi connectivity index (χ4v) is 3.29. The highest BCUT2D eigenvalue weighted by atomic mass is 16.2. The van der Waals surface area contributed by atoms with Gasteiger partial charge >= 0.3 is 0 Å². The van der Waals surface area contributed by atoms with Crippen molar-refractivity contribution in [2.45, 2.75) is 39.7 Å². The molecule has 25 heavy (non-hydrogen) atoms. The van der Waals surface area contributed by atoms with Crippen molar-refractivity contribution in [3.63, 3.8) is 0 Å². The van der Waals surface area contributed by atoms with Crippen LogP contribution >= 0.6 is 0 Å². The van der Waals surface area contributed by atoms with Crippen LogP contribution in [0.2, 0.25) is 0 Å². The summed E-state index contributed by atoms with van der Waals surface area (Å²) in [5, 5.41) is 4.36. The molecular weight excluding hydrogens is 314 g/mol. The number of hydrazine groups is 1. The summed E-state index contributed by atoms with van der Waals surface area (Å²) in [6.45, 7) is 5.57. The van der Waals surface area contributed by atoms with E-state index in [0.29, 0.717) is 0 Å². The van der Waals surface area contributed by atoms with Gasteiger partial charge in [-0.15, -0.1) is 0 Å². The molecule has 2 N–H and O–H groups in total. The van der Waals surface area contributed by atoms with E-state index in [1.807, 2.05) is 42.5 Å². The van der Waals surface area contributed by atoms with Gasteiger partial charge in [-0.25, -0.2) is 5.01 Å². The van der Waals surface area contributed by atoms with Crippen molar-refractivity contribution in [1.29, 1.82) is 0 Å². The van der Waals surface area contributed by atoms with Crippen LogP contribution in [0.3, 0.4) is 0 Å². The first-order valence-corrected chi connectivity index (χ1v) is 8.64. The molecule has 2 aromatic rings. The maximum atomic E-state index is 13.0. The molecule has 0 bridgehead atoms. The molecule has 1 aliphatic heterocycles. The lowest BCUT2D eigenvalue weighted by Gasteiger charge is -2.23. The largest absolute Gasteiger partial charge is 0.341 e. The van der Waals surface area contributed by atoms with Gasteiger partial charge in [-0.1, -0.05) is 50.2 Å². The van der Waals surface area contributed by atoms with Crippen molar-refractivity contribution in [3.05, 3.63) is 59.2 Å². The van der Waals surface area contributed by atoms with Crippen LogP contribution in [0, 0.1) is 0 Å². The minimum absolute atomic E-state index is 0.169. The van der Waals surface area contributed by atoms with Gasteiger partial charge < -0.3 is 5.32 Å². The number of nitrogens with one attached hydrogen (secondary N) is 2. The van der Waals surface area contributed by atoms with E-state index in [0.717, 1.165) is 40.9 Å². The highest BCUT2D eigenvalue weighted by molar-refractivity contribution is 6.08. The fraction of sp³-hybridized carbons (Fsp3) is 0.300. The number of carbonyl (C=O) groups excluding carboxylic acids is 2. The van der Waals surface area contributed by atoms with E-state index in [-0.39, 0.29) is 11.8 Å². The van der Waals surface area contributed by atoms with Crippen molar-refractivity contribution in [2.24, 2.45) is 0 Å². The molecule has 0 fully saturated rings. The second-order valence-corrected chi connectivity index (χ2v) is 6.14. The van der Waals surface area contributed by atoms with E-state index >= 15 is 0 Å². The number of hydrogen-bond donors (Lipinski definition) is 2. The quantitative estimate of drug-likeness (QED) is 0.879. The third-order valence-corrected chi connectivity index (χ3v) is 4.51. The third kappa shape index (κ3) is 3.09. The van der Waals surface area contributed by atoms with Crippen LogP contribution in [0.15, 0.2) is 42.5 Å². The SMILES string of the molecule is CCc1ccccc1NN1C(=O)C(NC(C)=O)c2cccc(CC)c21. The molecule has 0 saturated carbocycles. The first-order chi connectivity index (χ1) is 12.1. The average Bonchev–Trinajstić information content (AvgIpc) is 2.87. The van der Waals surface area contributed by atoms with E-state index in [4.69, 9.17) is 0 Å². The van der Waals surface area contributed by atoms with Crippen molar-refractivity contribution >= 4 is 23.2 Å². The number of anilines is 2. The van der Waals surface area contributed by atoms with Gasteiger partial charge in [-0.05, 0) is 30.0 Å². The smallest absolute Gasteiger partial charge is 0.272 e. The molecule has 5 nitrogen and oxygen atoms in total. The normalized spacial score (nSPS) is 15.9. The Morgan fingerprint density at radius 3 is 2.40 bits per heavy atom. The van der Waals surface area contributed by atoms with Crippen LogP contribution < -0.4 is 15.8 Å². The van der Waals surface area contributed by atoms with Crippen LogP contribution in [-0.4, -0.2) is 11.8 Å². The molecule has 1 aliphatic rings.